The highest BCUT2D eigenvalue weighted by Crippen LogP contribution is 2.00. The van der Waals surface area contributed by atoms with Gasteiger partial charge in [-0.15, -0.1) is 0 Å². The Hall–Kier alpha value is -2.18. The van der Waals surface area contributed by atoms with E-state index in [1.807, 2.05) is 6.92 Å². The van der Waals surface area contributed by atoms with Gasteiger partial charge >= 0.3 is 0 Å². The van der Waals surface area contributed by atoms with Crippen LogP contribution in [0.5, 0.6) is 0 Å². The van der Waals surface area contributed by atoms with Crippen molar-refractivity contribution in [1.29, 1.82) is 0 Å². The Morgan fingerprint density at radius 2 is 2.33 bits per heavy atom. The van der Waals surface area contributed by atoms with Crippen LogP contribution < -0.4 is 10.9 Å². The van der Waals surface area contributed by atoms with Crippen LogP contribution in [0.2, 0.25) is 0 Å². The zero-order chi connectivity index (χ0) is 13.0. The minimum absolute atomic E-state index is 0.143. The molecule has 1 N–H and O–H groups in total. The van der Waals surface area contributed by atoms with Gasteiger partial charge in [-0.1, -0.05) is 12.1 Å². The van der Waals surface area contributed by atoms with Crippen LogP contribution in [0.15, 0.2) is 21.7 Å². The minimum atomic E-state index is -0.143. The zero-order valence-electron chi connectivity index (χ0n) is 10.4. The van der Waals surface area contributed by atoms with Crippen molar-refractivity contribution < 1.29 is 4.52 Å². The van der Waals surface area contributed by atoms with E-state index in [4.69, 9.17) is 4.52 Å². The topological polar surface area (TPSA) is 85.8 Å². The molecule has 0 radical (unpaired) electrons. The van der Waals surface area contributed by atoms with E-state index in [0.29, 0.717) is 30.6 Å². The molecule has 0 aromatic carbocycles. The third-order valence-electron chi connectivity index (χ3n) is 2.35. The molecule has 7 nitrogen and oxygen atoms in total. The Morgan fingerprint density at radius 1 is 1.50 bits per heavy atom. The fourth-order valence-corrected chi connectivity index (χ4v) is 1.56. The van der Waals surface area contributed by atoms with Crippen LogP contribution in [-0.2, 0) is 13.1 Å². The standard InChI is InChI=1S/C11H15N5O2/c1-3-5-16-6-4-12-10(11(16)17)13-7-9-14-8(2)15-18-9/h4,6H,3,5,7H2,1-2H3,(H,12,13). The molecule has 18 heavy (non-hydrogen) atoms. The highest BCUT2D eigenvalue weighted by Gasteiger charge is 2.06. The van der Waals surface area contributed by atoms with Gasteiger partial charge in [0.1, 0.15) is 0 Å². The maximum atomic E-state index is 12.0. The number of aryl methyl sites for hydroxylation is 2. The predicted molar refractivity (Wildman–Crippen MR) is 65.1 cm³/mol. The van der Waals surface area contributed by atoms with E-state index in [1.165, 1.54) is 0 Å². The first-order valence-electron chi connectivity index (χ1n) is 5.79. The minimum Gasteiger partial charge on any atom is -0.356 e. The van der Waals surface area contributed by atoms with Gasteiger partial charge < -0.3 is 14.4 Å². The van der Waals surface area contributed by atoms with Crippen LogP contribution >= 0.6 is 0 Å². The molecule has 0 spiro atoms. The average molecular weight is 249 g/mol. The Kier molecular flexibility index (Phi) is 3.71. The van der Waals surface area contributed by atoms with Gasteiger partial charge in [0, 0.05) is 18.9 Å². The molecule has 2 heterocycles. The summed E-state index contributed by atoms with van der Waals surface area (Å²) in [7, 11) is 0. The van der Waals surface area contributed by atoms with Crippen molar-refractivity contribution in [2.75, 3.05) is 5.32 Å². The maximum absolute atomic E-state index is 12.0. The predicted octanol–water partition coefficient (Wildman–Crippen LogP) is 0.957. The third-order valence-corrected chi connectivity index (χ3v) is 2.35. The summed E-state index contributed by atoms with van der Waals surface area (Å²) in [5.41, 5.74) is -0.143. The summed E-state index contributed by atoms with van der Waals surface area (Å²) in [6.07, 6.45) is 4.17. The van der Waals surface area contributed by atoms with Crippen molar-refractivity contribution in [2.24, 2.45) is 0 Å². The number of hydrogen-bond acceptors (Lipinski definition) is 6. The summed E-state index contributed by atoms with van der Waals surface area (Å²) >= 11 is 0. The number of nitrogens with zero attached hydrogens (tertiary/aromatic N) is 4. The van der Waals surface area contributed by atoms with Gasteiger partial charge in [-0.05, 0) is 13.3 Å². The van der Waals surface area contributed by atoms with Gasteiger partial charge in [-0.3, -0.25) is 4.79 Å². The molecule has 0 aliphatic rings. The second-order valence-electron chi connectivity index (χ2n) is 3.86. The lowest BCUT2D eigenvalue weighted by molar-refractivity contribution is 0.379. The molecule has 0 fully saturated rings. The second-order valence-corrected chi connectivity index (χ2v) is 3.86. The van der Waals surface area contributed by atoms with Crippen LogP contribution in [0.4, 0.5) is 5.82 Å². The van der Waals surface area contributed by atoms with Crippen molar-refractivity contribution in [3.05, 3.63) is 34.5 Å². The van der Waals surface area contributed by atoms with Gasteiger partial charge in [0.05, 0.1) is 6.54 Å². The van der Waals surface area contributed by atoms with Crippen molar-refractivity contribution in [3.63, 3.8) is 0 Å². The molecular weight excluding hydrogens is 234 g/mol. The fourth-order valence-electron chi connectivity index (χ4n) is 1.56. The summed E-state index contributed by atoms with van der Waals surface area (Å²) < 4.78 is 6.56. The van der Waals surface area contributed by atoms with Crippen molar-refractivity contribution in [3.8, 4) is 0 Å². The van der Waals surface area contributed by atoms with Crippen LogP contribution in [0.25, 0.3) is 0 Å². The van der Waals surface area contributed by atoms with Crippen LogP contribution in [-0.4, -0.2) is 19.7 Å². The van der Waals surface area contributed by atoms with E-state index in [1.54, 1.807) is 23.9 Å². The SMILES string of the molecule is CCCn1ccnc(NCc2nc(C)no2)c1=O. The highest BCUT2D eigenvalue weighted by molar-refractivity contribution is 5.30. The van der Waals surface area contributed by atoms with E-state index in [0.717, 1.165) is 6.42 Å². The maximum Gasteiger partial charge on any atom is 0.293 e. The van der Waals surface area contributed by atoms with Gasteiger partial charge in [-0.25, -0.2) is 4.98 Å². The summed E-state index contributed by atoms with van der Waals surface area (Å²) in [4.78, 5) is 20.0. The molecule has 2 aromatic heterocycles. The number of rotatable bonds is 5. The summed E-state index contributed by atoms with van der Waals surface area (Å²) in [6, 6.07) is 0. The van der Waals surface area contributed by atoms with Gasteiger partial charge in [0.25, 0.3) is 5.56 Å². The number of nitrogens with one attached hydrogen (secondary N) is 1. The van der Waals surface area contributed by atoms with Crippen LogP contribution in [0.1, 0.15) is 25.1 Å². The molecule has 7 heteroatoms. The van der Waals surface area contributed by atoms with E-state index < -0.39 is 0 Å². The summed E-state index contributed by atoms with van der Waals surface area (Å²) in [5, 5.41) is 6.57. The normalized spacial score (nSPS) is 10.6. The first-order valence-corrected chi connectivity index (χ1v) is 5.79. The summed E-state index contributed by atoms with van der Waals surface area (Å²) in [5.74, 6) is 1.29. The molecule has 0 unspecified atom stereocenters. The van der Waals surface area contributed by atoms with Crippen LogP contribution in [0, 0.1) is 6.92 Å². The molecule has 0 saturated carbocycles. The quantitative estimate of drug-likeness (QED) is 0.849. The largest absolute Gasteiger partial charge is 0.356 e. The van der Waals surface area contributed by atoms with Gasteiger partial charge in [-0.2, -0.15) is 4.98 Å². The van der Waals surface area contributed by atoms with Crippen molar-refractivity contribution >= 4 is 5.82 Å². The summed E-state index contributed by atoms with van der Waals surface area (Å²) in [6.45, 7) is 4.72. The van der Waals surface area contributed by atoms with Gasteiger partial charge in [0.15, 0.2) is 11.6 Å². The monoisotopic (exact) mass is 249 g/mol. The molecule has 2 aromatic rings. The van der Waals surface area contributed by atoms with Gasteiger partial charge in [0.2, 0.25) is 5.89 Å². The fraction of sp³-hybridized carbons (Fsp3) is 0.455. The molecule has 0 aliphatic carbocycles. The molecule has 0 atom stereocenters. The molecule has 0 amide bonds. The average Bonchev–Trinajstić information content (AvgIpc) is 2.77. The molecule has 0 aliphatic heterocycles. The Labute approximate surface area is 104 Å². The van der Waals surface area contributed by atoms with Crippen LogP contribution in [0.3, 0.4) is 0 Å². The lowest BCUT2D eigenvalue weighted by Gasteiger charge is -2.06. The zero-order valence-corrected chi connectivity index (χ0v) is 10.4. The third kappa shape index (κ3) is 2.73. The Morgan fingerprint density at radius 3 is 3.00 bits per heavy atom. The number of hydrogen-bond donors (Lipinski definition) is 1. The first kappa shape index (κ1) is 12.3. The smallest absolute Gasteiger partial charge is 0.293 e. The molecule has 96 valence electrons. The Bertz CT molecular complexity index is 575. The first-order chi connectivity index (χ1) is 8.70. The lowest BCUT2D eigenvalue weighted by Crippen LogP contribution is -2.24. The number of anilines is 1. The molecular formula is C11H15N5O2. The molecule has 0 bridgehead atoms. The lowest BCUT2D eigenvalue weighted by atomic mass is 10.4. The van der Waals surface area contributed by atoms with Crippen molar-refractivity contribution in [2.45, 2.75) is 33.4 Å². The molecule has 2 rings (SSSR count). The van der Waals surface area contributed by atoms with E-state index in [9.17, 15) is 4.79 Å². The number of aromatic nitrogens is 4. The van der Waals surface area contributed by atoms with E-state index >= 15 is 0 Å². The Balaban J connectivity index is 2.09. The molecule has 0 saturated heterocycles. The highest BCUT2D eigenvalue weighted by atomic mass is 16.5. The van der Waals surface area contributed by atoms with E-state index in [2.05, 4.69) is 20.4 Å². The van der Waals surface area contributed by atoms with E-state index in [-0.39, 0.29) is 5.56 Å². The van der Waals surface area contributed by atoms with Crippen molar-refractivity contribution in [1.82, 2.24) is 19.7 Å². The second kappa shape index (κ2) is 5.44.